The zero-order valence-electron chi connectivity index (χ0n) is 13.8. The van der Waals surface area contributed by atoms with Gasteiger partial charge >= 0.3 is 0 Å². The molecule has 1 aromatic rings. The van der Waals surface area contributed by atoms with Gasteiger partial charge < -0.3 is 10.1 Å². The van der Waals surface area contributed by atoms with Crippen LogP contribution >= 0.6 is 0 Å². The molecule has 2 fully saturated rings. The number of aryl methyl sites for hydroxylation is 1. The highest BCUT2D eigenvalue weighted by Gasteiger charge is 2.32. The molecule has 1 N–H and O–H groups in total. The van der Waals surface area contributed by atoms with Crippen molar-refractivity contribution in [2.45, 2.75) is 63.6 Å². The molecule has 3 rings (SSSR count). The van der Waals surface area contributed by atoms with Gasteiger partial charge in [0.05, 0.1) is 11.5 Å². The summed E-state index contributed by atoms with van der Waals surface area (Å²) in [6.07, 6.45) is 6.32. The molecule has 23 heavy (non-hydrogen) atoms. The zero-order chi connectivity index (χ0) is 16.3. The standard InChI is InChI=1S/C18H27NO3S/c1-14-6-4-8-16(12-14)22-18-10-3-2-9-17(18)19-15-7-5-11-23(20,21)13-15/h4,6,8,12,15,17-19H,2-3,5,7,9-11,13H2,1H3/t15-,17+,18+/m0/s1. The molecule has 1 heterocycles. The van der Waals surface area contributed by atoms with E-state index in [2.05, 4.69) is 24.4 Å². The van der Waals surface area contributed by atoms with Gasteiger partial charge in [0.25, 0.3) is 0 Å². The van der Waals surface area contributed by atoms with Crippen molar-refractivity contribution < 1.29 is 13.2 Å². The molecule has 0 unspecified atom stereocenters. The maximum atomic E-state index is 11.8. The van der Waals surface area contributed by atoms with Crippen LogP contribution in [-0.4, -0.2) is 38.1 Å². The lowest BCUT2D eigenvalue weighted by Gasteiger charge is -2.36. The second kappa shape index (κ2) is 7.22. The summed E-state index contributed by atoms with van der Waals surface area (Å²) in [5, 5.41) is 3.59. The van der Waals surface area contributed by atoms with E-state index in [0.29, 0.717) is 5.75 Å². The van der Waals surface area contributed by atoms with E-state index >= 15 is 0 Å². The third-order valence-corrected chi connectivity index (χ3v) is 6.71. The van der Waals surface area contributed by atoms with Gasteiger partial charge in [-0.3, -0.25) is 0 Å². The summed E-state index contributed by atoms with van der Waals surface area (Å²) in [6, 6.07) is 8.49. The minimum atomic E-state index is -2.87. The molecule has 1 saturated heterocycles. The highest BCUT2D eigenvalue weighted by molar-refractivity contribution is 7.91. The van der Waals surface area contributed by atoms with Crippen molar-refractivity contribution in [2.75, 3.05) is 11.5 Å². The summed E-state index contributed by atoms with van der Waals surface area (Å²) >= 11 is 0. The number of benzene rings is 1. The van der Waals surface area contributed by atoms with Crippen LogP contribution in [0.5, 0.6) is 5.75 Å². The highest BCUT2D eigenvalue weighted by Crippen LogP contribution is 2.26. The number of hydrogen-bond donors (Lipinski definition) is 1. The lowest BCUT2D eigenvalue weighted by atomic mass is 9.91. The van der Waals surface area contributed by atoms with Gasteiger partial charge in [-0.1, -0.05) is 18.6 Å². The first-order valence-corrected chi connectivity index (χ1v) is 10.5. The van der Waals surface area contributed by atoms with E-state index in [4.69, 9.17) is 4.74 Å². The predicted molar refractivity (Wildman–Crippen MR) is 92.7 cm³/mol. The van der Waals surface area contributed by atoms with Crippen LogP contribution < -0.4 is 10.1 Å². The van der Waals surface area contributed by atoms with E-state index in [1.165, 1.54) is 18.4 Å². The average molecular weight is 337 g/mol. The normalized spacial score (nSPS) is 30.7. The van der Waals surface area contributed by atoms with Gasteiger partial charge in [0.1, 0.15) is 11.9 Å². The Morgan fingerprint density at radius 1 is 1.13 bits per heavy atom. The van der Waals surface area contributed by atoms with Crippen molar-refractivity contribution in [1.82, 2.24) is 5.32 Å². The van der Waals surface area contributed by atoms with Crippen LogP contribution in [0.1, 0.15) is 44.1 Å². The molecule has 0 spiro atoms. The van der Waals surface area contributed by atoms with Crippen molar-refractivity contribution in [3.8, 4) is 5.75 Å². The minimum absolute atomic E-state index is 0.0838. The van der Waals surface area contributed by atoms with Crippen LogP contribution in [0, 0.1) is 6.92 Å². The first kappa shape index (κ1) is 16.8. The lowest BCUT2D eigenvalue weighted by molar-refractivity contribution is 0.107. The molecule has 5 heteroatoms. The third kappa shape index (κ3) is 4.70. The van der Waals surface area contributed by atoms with Crippen LogP contribution in [-0.2, 0) is 9.84 Å². The van der Waals surface area contributed by atoms with Gasteiger partial charge in [0.15, 0.2) is 9.84 Å². The number of nitrogens with one attached hydrogen (secondary N) is 1. The SMILES string of the molecule is Cc1cccc(O[C@@H]2CCCC[C@H]2N[C@H]2CCCS(=O)(=O)C2)c1. The topological polar surface area (TPSA) is 55.4 Å². The largest absolute Gasteiger partial charge is 0.489 e. The van der Waals surface area contributed by atoms with Crippen molar-refractivity contribution in [3.63, 3.8) is 0 Å². The summed E-state index contributed by atoms with van der Waals surface area (Å²) in [5.74, 6) is 1.54. The Morgan fingerprint density at radius 2 is 1.96 bits per heavy atom. The summed E-state index contributed by atoms with van der Waals surface area (Å²) in [4.78, 5) is 0. The Kier molecular flexibility index (Phi) is 5.27. The smallest absolute Gasteiger partial charge is 0.151 e. The number of hydrogen-bond acceptors (Lipinski definition) is 4. The number of ether oxygens (including phenoxy) is 1. The van der Waals surface area contributed by atoms with Crippen molar-refractivity contribution in [1.29, 1.82) is 0 Å². The summed E-state index contributed by atoms with van der Waals surface area (Å²) < 4.78 is 29.9. The minimum Gasteiger partial charge on any atom is -0.489 e. The second-order valence-corrected chi connectivity index (χ2v) is 9.21. The monoisotopic (exact) mass is 337 g/mol. The second-order valence-electron chi connectivity index (χ2n) is 6.98. The number of sulfone groups is 1. The van der Waals surface area contributed by atoms with Gasteiger partial charge in [0.2, 0.25) is 0 Å². The average Bonchev–Trinajstić information content (AvgIpc) is 2.48. The summed E-state index contributed by atoms with van der Waals surface area (Å²) in [6.45, 7) is 2.07. The first-order valence-electron chi connectivity index (χ1n) is 8.72. The molecule has 0 amide bonds. The van der Waals surface area contributed by atoms with E-state index in [0.717, 1.165) is 31.4 Å². The van der Waals surface area contributed by atoms with E-state index in [9.17, 15) is 8.42 Å². The molecule has 128 valence electrons. The van der Waals surface area contributed by atoms with Gasteiger partial charge in [0, 0.05) is 12.1 Å². The maximum Gasteiger partial charge on any atom is 0.151 e. The fourth-order valence-corrected chi connectivity index (χ4v) is 5.40. The molecule has 1 aliphatic heterocycles. The maximum absolute atomic E-state index is 11.8. The fraction of sp³-hybridized carbons (Fsp3) is 0.667. The molecule has 0 radical (unpaired) electrons. The summed E-state index contributed by atoms with van der Waals surface area (Å²) in [5.41, 5.74) is 1.20. The lowest BCUT2D eigenvalue weighted by Crippen LogP contribution is -2.52. The van der Waals surface area contributed by atoms with Crippen LogP contribution in [0.25, 0.3) is 0 Å². The van der Waals surface area contributed by atoms with E-state index < -0.39 is 9.84 Å². The van der Waals surface area contributed by atoms with Gasteiger partial charge in [-0.15, -0.1) is 0 Å². The molecular formula is C18H27NO3S. The Labute approximate surface area is 139 Å². The van der Waals surface area contributed by atoms with Crippen LogP contribution in [0.2, 0.25) is 0 Å². The molecule has 3 atom stereocenters. The van der Waals surface area contributed by atoms with Crippen molar-refractivity contribution in [3.05, 3.63) is 29.8 Å². The Hall–Kier alpha value is -1.07. The Morgan fingerprint density at radius 3 is 2.74 bits per heavy atom. The van der Waals surface area contributed by atoms with E-state index in [1.54, 1.807) is 0 Å². The fourth-order valence-electron chi connectivity index (χ4n) is 3.75. The molecule has 1 aromatic carbocycles. The van der Waals surface area contributed by atoms with Crippen molar-refractivity contribution >= 4 is 9.84 Å². The Bertz CT molecular complexity index is 629. The molecule has 1 aliphatic carbocycles. The van der Waals surface area contributed by atoms with E-state index in [1.807, 2.05) is 12.1 Å². The van der Waals surface area contributed by atoms with Crippen LogP contribution in [0.15, 0.2) is 24.3 Å². The highest BCUT2D eigenvalue weighted by atomic mass is 32.2. The Balaban J connectivity index is 1.64. The van der Waals surface area contributed by atoms with Crippen LogP contribution in [0.4, 0.5) is 0 Å². The third-order valence-electron chi connectivity index (χ3n) is 4.89. The van der Waals surface area contributed by atoms with E-state index in [-0.39, 0.29) is 23.9 Å². The number of rotatable bonds is 4. The molecule has 0 bridgehead atoms. The quantitative estimate of drug-likeness (QED) is 0.918. The van der Waals surface area contributed by atoms with Crippen molar-refractivity contribution in [2.24, 2.45) is 0 Å². The molecule has 0 aromatic heterocycles. The molecule has 4 nitrogen and oxygen atoms in total. The molecular weight excluding hydrogens is 310 g/mol. The predicted octanol–water partition coefficient (Wildman–Crippen LogP) is 2.85. The zero-order valence-corrected chi connectivity index (χ0v) is 14.6. The molecule has 1 saturated carbocycles. The van der Waals surface area contributed by atoms with Gasteiger partial charge in [-0.05, 0) is 56.7 Å². The first-order chi connectivity index (χ1) is 11.0. The van der Waals surface area contributed by atoms with Crippen LogP contribution in [0.3, 0.4) is 0 Å². The summed E-state index contributed by atoms with van der Waals surface area (Å²) in [7, 11) is -2.87. The van der Waals surface area contributed by atoms with Gasteiger partial charge in [-0.2, -0.15) is 0 Å². The molecule has 2 aliphatic rings. The van der Waals surface area contributed by atoms with Gasteiger partial charge in [-0.25, -0.2) is 8.42 Å².